The Morgan fingerprint density at radius 1 is 1.08 bits per heavy atom. The van der Waals surface area contributed by atoms with Crippen molar-refractivity contribution in [1.82, 2.24) is 0 Å². The Kier molecular flexibility index (Phi) is 4.36. The lowest BCUT2D eigenvalue weighted by Crippen LogP contribution is -2.38. The first-order valence-electron chi connectivity index (χ1n) is 8.35. The average Bonchev–Trinajstić information content (AvgIpc) is 3.07. The van der Waals surface area contributed by atoms with Gasteiger partial charge in [-0.1, -0.05) is 48.2 Å². The van der Waals surface area contributed by atoms with Crippen LogP contribution in [0, 0.1) is 6.92 Å². The summed E-state index contributed by atoms with van der Waals surface area (Å²) in [6.45, 7) is 1.98. The number of rotatable bonds is 2. The van der Waals surface area contributed by atoms with Crippen LogP contribution in [0.3, 0.4) is 0 Å². The molecule has 5 nitrogen and oxygen atoms in total. The third-order valence-corrected chi connectivity index (χ3v) is 7.87. The summed E-state index contributed by atoms with van der Waals surface area (Å²) in [5.74, 6) is -0.0876. The molecule has 2 aliphatic heterocycles. The van der Waals surface area contributed by atoms with Crippen molar-refractivity contribution in [3.05, 3.63) is 65.7 Å². The maximum Gasteiger partial charge on any atom is 0.279 e. The van der Waals surface area contributed by atoms with Crippen LogP contribution in [0.5, 0.6) is 0 Å². The van der Waals surface area contributed by atoms with Gasteiger partial charge in [0.15, 0.2) is 15.0 Å². The van der Waals surface area contributed by atoms with Crippen LogP contribution in [0.2, 0.25) is 0 Å². The van der Waals surface area contributed by atoms with E-state index < -0.39 is 9.84 Å². The fourth-order valence-corrected chi connectivity index (χ4v) is 7.32. The van der Waals surface area contributed by atoms with E-state index in [9.17, 15) is 13.2 Å². The molecular formula is C19H18N2O3S2. The third kappa shape index (κ3) is 3.17. The maximum absolute atomic E-state index is 12.6. The van der Waals surface area contributed by atoms with Gasteiger partial charge in [-0.15, -0.1) is 0 Å². The number of carbonyl (C=O) groups is 1. The Morgan fingerprint density at radius 3 is 2.50 bits per heavy atom. The Labute approximate surface area is 157 Å². The highest BCUT2D eigenvalue weighted by Gasteiger charge is 2.49. The van der Waals surface area contributed by atoms with Crippen LogP contribution in [-0.2, 0) is 9.84 Å². The Bertz CT molecular complexity index is 987. The van der Waals surface area contributed by atoms with E-state index in [4.69, 9.17) is 0 Å². The van der Waals surface area contributed by atoms with Crippen LogP contribution in [0.4, 0.5) is 5.69 Å². The molecular weight excluding hydrogens is 368 g/mol. The molecule has 0 N–H and O–H groups in total. The van der Waals surface area contributed by atoms with Gasteiger partial charge in [0, 0.05) is 16.5 Å². The van der Waals surface area contributed by atoms with Gasteiger partial charge in [0.05, 0.1) is 17.5 Å². The Balaban J connectivity index is 1.75. The van der Waals surface area contributed by atoms with Gasteiger partial charge in [0.25, 0.3) is 5.91 Å². The van der Waals surface area contributed by atoms with Gasteiger partial charge in [-0.25, -0.2) is 8.42 Å². The quantitative estimate of drug-likeness (QED) is 0.794. The summed E-state index contributed by atoms with van der Waals surface area (Å²) < 4.78 is 24.2. The third-order valence-electron chi connectivity index (χ3n) is 4.66. The van der Waals surface area contributed by atoms with Crippen LogP contribution in [0.15, 0.2) is 59.6 Å². The number of hydrogen-bond acceptors (Lipinski definition) is 4. The molecule has 26 heavy (non-hydrogen) atoms. The van der Waals surface area contributed by atoms with E-state index in [2.05, 4.69) is 4.99 Å². The van der Waals surface area contributed by atoms with Crippen molar-refractivity contribution in [1.29, 1.82) is 0 Å². The largest absolute Gasteiger partial charge is 0.315 e. The van der Waals surface area contributed by atoms with E-state index in [1.165, 1.54) is 11.8 Å². The summed E-state index contributed by atoms with van der Waals surface area (Å²) in [4.78, 5) is 18.9. The zero-order chi connectivity index (χ0) is 18.3. The molecule has 0 unspecified atom stereocenters. The first-order chi connectivity index (χ1) is 12.4. The van der Waals surface area contributed by atoms with E-state index in [1.54, 1.807) is 24.3 Å². The van der Waals surface area contributed by atoms with E-state index in [0.717, 1.165) is 11.3 Å². The standard InChI is InChI=1S/C19H18N2O3S2/c1-13-7-5-6-10-15(13)21-16-11-26(23,24)12-17(16)25-19(21)20-18(22)14-8-3-2-4-9-14/h2-10,16-17H,11-12H2,1H3/t16-,17+/m1/s1. The van der Waals surface area contributed by atoms with Gasteiger partial charge in [0.1, 0.15) is 0 Å². The first kappa shape index (κ1) is 17.3. The SMILES string of the molecule is Cc1ccccc1N1C(=NC(=O)c2ccccc2)S[C@H]2CS(=O)(=O)C[C@H]21. The van der Waals surface area contributed by atoms with Crippen molar-refractivity contribution in [2.24, 2.45) is 4.99 Å². The van der Waals surface area contributed by atoms with Crippen LogP contribution in [-0.4, -0.2) is 42.3 Å². The number of fused-ring (bicyclic) bond motifs is 1. The summed E-state index contributed by atoms with van der Waals surface area (Å²) in [5, 5.41) is 0.486. The molecule has 2 aromatic carbocycles. The highest BCUT2D eigenvalue weighted by atomic mass is 32.2. The number of sulfone groups is 1. The number of amidine groups is 1. The number of thioether (sulfide) groups is 1. The predicted molar refractivity (Wildman–Crippen MR) is 106 cm³/mol. The monoisotopic (exact) mass is 386 g/mol. The van der Waals surface area contributed by atoms with Gasteiger partial charge in [-0.2, -0.15) is 4.99 Å². The molecule has 2 atom stereocenters. The molecule has 2 aromatic rings. The lowest BCUT2D eigenvalue weighted by Gasteiger charge is -2.26. The van der Waals surface area contributed by atoms with Gasteiger partial charge < -0.3 is 4.90 Å². The van der Waals surface area contributed by atoms with Crippen LogP contribution >= 0.6 is 11.8 Å². The van der Waals surface area contributed by atoms with Gasteiger partial charge in [-0.05, 0) is 30.7 Å². The van der Waals surface area contributed by atoms with Crippen molar-refractivity contribution in [2.45, 2.75) is 18.2 Å². The number of aliphatic imine (C=N–C) groups is 1. The van der Waals surface area contributed by atoms with Crippen LogP contribution in [0.1, 0.15) is 15.9 Å². The normalized spacial score (nSPS) is 25.4. The summed E-state index contributed by atoms with van der Waals surface area (Å²) in [6, 6.07) is 16.5. The smallest absolute Gasteiger partial charge is 0.279 e. The molecule has 2 aliphatic rings. The van der Waals surface area contributed by atoms with E-state index >= 15 is 0 Å². The van der Waals surface area contributed by atoms with E-state index in [-0.39, 0.29) is 28.7 Å². The molecule has 2 fully saturated rings. The van der Waals surface area contributed by atoms with Crippen LogP contribution in [0.25, 0.3) is 0 Å². The lowest BCUT2D eigenvalue weighted by molar-refractivity contribution is 0.100. The number of amides is 1. The number of benzene rings is 2. The van der Waals surface area contributed by atoms with Crippen molar-refractivity contribution in [2.75, 3.05) is 16.4 Å². The molecule has 0 aromatic heterocycles. The Morgan fingerprint density at radius 2 is 1.77 bits per heavy atom. The zero-order valence-corrected chi connectivity index (χ0v) is 15.8. The molecule has 0 saturated carbocycles. The molecule has 1 amide bonds. The minimum Gasteiger partial charge on any atom is -0.315 e. The minimum absolute atomic E-state index is 0.0948. The number of aryl methyl sites for hydroxylation is 1. The Hall–Kier alpha value is -2.12. The molecule has 7 heteroatoms. The number of para-hydroxylation sites is 1. The minimum atomic E-state index is -3.07. The molecule has 4 rings (SSSR count). The first-order valence-corrected chi connectivity index (χ1v) is 11.0. The average molecular weight is 386 g/mol. The van der Waals surface area contributed by atoms with Gasteiger partial charge in [-0.3, -0.25) is 4.79 Å². The summed E-state index contributed by atoms with van der Waals surface area (Å²) in [6.07, 6.45) is 0. The number of anilines is 1. The maximum atomic E-state index is 12.6. The molecule has 0 spiro atoms. The number of carbonyl (C=O) groups excluding carboxylic acids is 1. The fraction of sp³-hybridized carbons (Fsp3) is 0.263. The van der Waals surface area contributed by atoms with Crippen molar-refractivity contribution in [3.63, 3.8) is 0 Å². The summed E-state index contributed by atoms with van der Waals surface area (Å²) in [5.41, 5.74) is 2.46. The summed E-state index contributed by atoms with van der Waals surface area (Å²) >= 11 is 1.39. The molecule has 0 bridgehead atoms. The zero-order valence-electron chi connectivity index (χ0n) is 14.2. The second-order valence-corrected chi connectivity index (χ2v) is 9.88. The second kappa shape index (κ2) is 6.55. The number of hydrogen-bond donors (Lipinski definition) is 0. The topological polar surface area (TPSA) is 66.8 Å². The van der Waals surface area contributed by atoms with Crippen molar-refractivity contribution >= 4 is 38.4 Å². The molecule has 2 saturated heterocycles. The highest BCUT2D eigenvalue weighted by Crippen LogP contribution is 2.41. The fourth-order valence-electron chi connectivity index (χ4n) is 3.41. The number of nitrogens with zero attached hydrogens (tertiary/aromatic N) is 2. The van der Waals surface area contributed by atoms with Crippen molar-refractivity contribution < 1.29 is 13.2 Å². The van der Waals surface area contributed by atoms with Gasteiger partial charge >= 0.3 is 0 Å². The molecule has 2 heterocycles. The predicted octanol–water partition coefficient (Wildman–Crippen LogP) is 2.91. The molecule has 0 aliphatic carbocycles. The van der Waals surface area contributed by atoms with Crippen molar-refractivity contribution in [3.8, 4) is 0 Å². The van der Waals surface area contributed by atoms with E-state index in [0.29, 0.717) is 10.7 Å². The summed E-state index contributed by atoms with van der Waals surface area (Å²) in [7, 11) is -3.07. The lowest BCUT2D eigenvalue weighted by atomic mass is 10.1. The molecule has 0 radical (unpaired) electrons. The van der Waals surface area contributed by atoms with Crippen LogP contribution < -0.4 is 4.90 Å². The molecule has 134 valence electrons. The second-order valence-electron chi connectivity index (χ2n) is 6.52. The van der Waals surface area contributed by atoms with E-state index in [1.807, 2.05) is 42.2 Å². The van der Waals surface area contributed by atoms with Gasteiger partial charge in [0.2, 0.25) is 0 Å². The highest BCUT2D eigenvalue weighted by molar-refractivity contribution is 8.16.